The van der Waals surface area contributed by atoms with Gasteiger partial charge in [0.1, 0.15) is 6.10 Å². The quantitative estimate of drug-likeness (QED) is 0.639. The monoisotopic (exact) mass is 214 g/mol. The van der Waals surface area contributed by atoms with E-state index in [-0.39, 0.29) is 12.0 Å². The second-order valence-corrected chi connectivity index (χ2v) is 3.92. The number of hydrogen-bond donors (Lipinski definition) is 2. The molecule has 0 aromatic heterocycles. The van der Waals surface area contributed by atoms with Crippen LogP contribution in [0.1, 0.15) is 32.6 Å². The van der Waals surface area contributed by atoms with Crippen LogP contribution in [0.25, 0.3) is 0 Å². The Morgan fingerprint density at radius 1 is 1.47 bits per heavy atom. The Balaban J connectivity index is 2.02. The Kier molecular flexibility index (Phi) is 6.36. The molecular weight excluding hydrogens is 192 g/mol. The van der Waals surface area contributed by atoms with E-state index in [0.717, 1.165) is 19.5 Å². The molecule has 1 aliphatic rings. The van der Waals surface area contributed by atoms with Gasteiger partial charge in [-0.05, 0) is 6.42 Å². The molecule has 1 unspecified atom stereocenters. The molecule has 1 saturated heterocycles. The highest BCUT2D eigenvalue weighted by molar-refractivity contribution is 5.81. The summed E-state index contributed by atoms with van der Waals surface area (Å²) in [6.07, 6.45) is 4.45. The van der Waals surface area contributed by atoms with Crippen molar-refractivity contribution >= 4 is 5.91 Å². The zero-order valence-electron chi connectivity index (χ0n) is 9.55. The molecule has 4 heteroatoms. The minimum absolute atomic E-state index is 0.0266. The van der Waals surface area contributed by atoms with E-state index in [1.807, 2.05) is 0 Å². The summed E-state index contributed by atoms with van der Waals surface area (Å²) in [4.78, 5) is 11.6. The van der Waals surface area contributed by atoms with Crippen molar-refractivity contribution < 1.29 is 9.53 Å². The number of amides is 1. The molecule has 1 aliphatic heterocycles. The van der Waals surface area contributed by atoms with Gasteiger partial charge in [0.2, 0.25) is 5.91 Å². The molecule has 0 aliphatic carbocycles. The van der Waals surface area contributed by atoms with Crippen molar-refractivity contribution in [3.63, 3.8) is 0 Å². The van der Waals surface area contributed by atoms with E-state index in [9.17, 15) is 4.79 Å². The van der Waals surface area contributed by atoms with Gasteiger partial charge in [-0.2, -0.15) is 0 Å². The molecule has 2 N–H and O–H groups in total. The molecule has 0 radical (unpaired) electrons. The van der Waals surface area contributed by atoms with Crippen LogP contribution in [-0.2, 0) is 9.53 Å². The maximum atomic E-state index is 11.6. The number of hydrogen-bond acceptors (Lipinski definition) is 3. The Morgan fingerprint density at radius 3 is 3.00 bits per heavy atom. The van der Waals surface area contributed by atoms with Crippen molar-refractivity contribution in [2.45, 2.75) is 38.7 Å². The molecule has 1 rings (SSSR count). The van der Waals surface area contributed by atoms with Crippen LogP contribution < -0.4 is 10.6 Å². The Hall–Kier alpha value is -0.610. The van der Waals surface area contributed by atoms with Gasteiger partial charge < -0.3 is 15.4 Å². The lowest BCUT2D eigenvalue weighted by Crippen LogP contribution is -2.48. The SMILES string of the molecule is CCCCCCNC(=O)C1CNCCO1. The minimum atomic E-state index is -0.287. The van der Waals surface area contributed by atoms with Crippen molar-refractivity contribution in [2.24, 2.45) is 0 Å². The molecule has 15 heavy (non-hydrogen) atoms. The zero-order chi connectivity index (χ0) is 10.9. The number of morpholine rings is 1. The maximum Gasteiger partial charge on any atom is 0.250 e. The summed E-state index contributed by atoms with van der Waals surface area (Å²) in [6, 6.07) is 0. The average Bonchev–Trinajstić information content (AvgIpc) is 2.30. The third-order valence-corrected chi connectivity index (χ3v) is 2.55. The summed E-state index contributed by atoms with van der Waals surface area (Å²) in [6.45, 7) is 5.08. The average molecular weight is 214 g/mol. The first-order valence-corrected chi connectivity index (χ1v) is 5.94. The molecule has 1 heterocycles. The van der Waals surface area contributed by atoms with Crippen LogP contribution in [0.2, 0.25) is 0 Å². The van der Waals surface area contributed by atoms with Gasteiger partial charge in [0.25, 0.3) is 0 Å². The summed E-state index contributed by atoms with van der Waals surface area (Å²) in [7, 11) is 0. The molecule has 0 bridgehead atoms. The zero-order valence-corrected chi connectivity index (χ0v) is 9.55. The highest BCUT2D eigenvalue weighted by Crippen LogP contribution is 1.99. The van der Waals surface area contributed by atoms with E-state index in [4.69, 9.17) is 4.74 Å². The Labute approximate surface area is 91.8 Å². The highest BCUT2D eigenvalue weighted by Gasteiger charge is 2.20. The Morgan fingerprint density at radius 2 is 2.33 bits per heavy atom. The van der Waals surface area contributed by atoms with Gasteiger partial charge in [-0.25, -0.2) is 0 Å². The lowest BCUT2D eigenvalue weighted by Gasteiger charge is -2.22. The molecule has 0 aromatic rings. The van der Waals surface area contributed by atoms with E-state index in [1.54, 1.807) is 0 Å². The predicted octanol–water partition coefficient (Wildman–Crippen LogP) is 0.671. The van der Waals surface area contributed by atoms with Gasteiger partial charge in [-0.3, -0.25) is 4.79 Å². The molecular formula is C11H22N2O2. The fourth-order valence-electron chi connectivity index (χ4n) is 1.61. The van der Waals surface area contributed by atoms with Gasteiger partial charge in [0.05, 0.1) is 6.61 Å². The van der Waals surface area contributed by atoms with Crippen LogP contribution in [0.4, 0.5) is 0 Å². The number of rotatable bonds is 6. The van der Waals surface area contributed by atoms with Crippen molar-refractivity contribution in [1.29, 1.82) is 0 Å². The number of ether oxygens (including phenoxy) is 1. The number of unbranched alkanes of at least 4 members (excludes halogenated alkanes) is 3. The molecule has 88 valence electrons. The lowest BCUT2D eigenvalue weighted by molar-refractivity contribution is -0.134. The van der Waals surface area contributed by atoms with Crippen molar-refractivity contribution in [2.75, 3.05) is 26.2 Å². The van der Waals surface area contributed by atoms with Crippen LogP contribution in [0.3, 0.4) is 0 Å². The molecule has 4 nitrogen and oxygen atoms in total. The fraction of sp³-hybridized carbons (Fsp3) is 0.909. The number of nitrogens with one attached hydrogen (secondary N) is 2. The van der Waals surface area contributed by atoms with E-state index >= 15 is 0 Å². The van der Waals surface area contributed by atoms with Crippen molar-refractivity contribution in [3.8, 4) is 0 Å². The van der Waals surface area contributed by atoms with E-state index in [0.29, 0.717) is 13.2 Å². The van der Waals surface area contributed by atoms with Gasteiger partial charge in [0, 0.05) is 19.6 Å². The summed E-state index contributed by atoms with van der Waals surface area (Å²) < 4.78 is 5.34. The third kappa shape index (κ3) is 5.14. The molecule has 1 atom stereocenters. The number of carbonyl (C=O) groups is 1. The summed E-state index contributed by atoms with van der Waals surface area (Å²) in [5.74, 6) is 0.0266. The van der Waals surface area contributed by atoms with Crippen LogP contribution in [0.5, 0.6) is 0 Å². The van der Waals surface area contributed by atoms with E-state index in [2.05, 4.69) is 17.6 Å². The van der Waals surface area contributed by atoms with E-state index in [1.165, 1.54) is 19.3 Å². The van der Waals surface area contributed by atoms with Gasteiger partial charge in [0.15, 0.2) is 0 Å². The van der Waals surface area contributed by atoms with E-state index < -0.39 is 0 Å². The first-order chi connectivity index (χ1) is 7.34. The molecule has 0 aromatic carbocycles. The topological polar surface area (TPSA) is 50.4 Å². The first-order valence-electron chi connectivity index (χ1n) is 5.94. The van der Waals surface area contributed by atoms with Crippen LogP contribution in [0, 0.1) is 0 Å². The van der Waals surface area contributed by atoms with Gasteiger partial charge in [-0.1, -0.05) is 26.2 Å². The predicted molar refractivity (Wildman–Crippen MR) is 59.8 cm³/mol. The van der Waals surface area contributed by atoms with Crippen LogP contribution in [-0.4, -0.2) is 38.3 Å². The van der Waals surface area contributed by atoms with Crippen LogP contribution in [0.15, 0.2) is 0 Å². The van der Waals surface area contributed by atoms with Crippen molar-refractivity contribution in [3.05, 3.63) is 0 Å². The summed E-state index contributed by atoms with van der Waals surface area (Å²) in [5.41, 5.74) is 0. The molecule has 1 fully saturated rings. The molecule has 1 amide bonds. The first kappa shape index (κ1) is 12.5. The minimum Gasteiger partial charge on any atom is -0.366 e. The summed E-state index contributed by atoms with van der Waals surface area (Å²) in [5, 5.41) is 6.05. The van der Waals surface area contributed by atoms with Gasteiger partial charge in [-0.15, -0.1) is 0 Å². The van der Waals surface area contributed by atoms with Gasteiger partial charge >= 0.3 is 0 Å². The third-order valence-electron chi connectivity index (χ3n) is 2.55. The van der Waals surface area contributed by atoms with Crippen LogP contribution >= 0.6 is 0 Å². The Bertz CT molecular complexity index is 179. The smallest absolute Gasteiger partial charge is 0.250 e. The standard InChI is InChI=1S/C11H22N2O2/c1-2-3-4-5-6-13-11(14)10-9-12-7-8-15-10/h10,12H,2-9H2,1H3,(H,13,14). The fourth-order valence-corrected chi connectivity index (χ4v) is 1.61. The highest BCUT2D eigenvalue weighted by atomic mass is 16.5. The second-order valence-electron chi connectivity index (χ2n) is 3.92. The van der Waals surface area contributed by atoms with Crippen molar-refractivity contribution in [1.82, 2.24) is 10.6 Å². The largest absolute Gasteiger partial charge is 0.366 e. The maximum absolute atomic E-state index is 11.6. The normalized spacial score (nSPS) is 21.3. The molecule has 0 spiro atoms. The second kappa shape index (κ2) is 7.65. The molecule has 0 saturated carbocycles. The lowest BCUT2D eigenvalue weighted by atomic mass is 10.2. The summed E-state index contributed by atoms with van der Waals surface area (Å²) >= 11 is 0. The number of carbonyl (C=O) groups excluding carboxylic acids is 1.